The number of benzene rings is 1. The molecule has 2 amide bonds. The monoisotopic (exact) mass is 532 g/mol. The zero-order valence-electron chi connectivity index (χ0n) is 19.9. The van der Waals surface area contributed by atoms with Gasteiger partial charge in [0.15, 0.2) is 29.5 Å². The number of hydrogen-bond donors (Lipinski definition) is 3. The Hall–Kier alpha value is -2.97. The summed E-state index contributed by atoms with van der Waals surface area (Å²) in [7, 11) is -4.14. The van der Waals surface area contributed by atoms with Gasteiger partial charge in [-0.1, -0.05) is 30.3 Å². The van der Waals surface area contributed by atoms with E-state index in [1.165, 1.54) is 12.7 Å². The lowest BCUT2D eigenvalue weighted by molar-refractivity contribution is -0.204. The normalized spacial score (nSPS) is 26.6. The van der Waals surface area contributed by atoms with Crippen LogP contribution in [0.5, 0.6) is 0 Å². The third kappa shape index (κ3) is 5.36. The molecule has 37 heavy (non-hydrogen) atoms. The van der Waals surface area contributed by atoms with Crippen molar-refractivity contribution in [3.05, 3.63) is 48.5 Å². The van der Waals surface area contributed by atoms with Crippen molar-refractivity contribution >= 4 is 30.6 Å². The Morgan fingerprint density at radius 3 is 2.73 bits per heavy atom. The van der Waals surface area contributed by atoms with Crippen molar-refractivity contribution in [3.63, 3.8) is 0 Å². The van der Waals surface area contributed by atoms with Gasteiger partial charge >= 0.3 is 6.03 Å². The maximum absolute atomic E-state index is 12.1. The summed E-state index contributed by atoms with van der Waals surface area (Å²) in [4.78, 5) is 37.0. The van der Waals surface area contributed by atoms with E-state index in [0.29, 0.717) is 17.7 Å². The second kappa shape index (κ2) is 10.8. The van der Waals surface area contributed by atoms with Crippen LogP contribution in [0, 0.1) is 0 Å². The van der Waals surface area contributed by atoms with Gasteiger partial charge in [-0.3, -0.25) is 9.88 Å². The number of aromatic nitrogens is 4. The number of nitrogens with two attached hydrogens (primary N) is 1. The fraction of sp³-hybridized carbons (Fsp3) is 0.455. The molecular formula is C22H27N7O7P-. The van der Waals surface area contributed by atoms with E-state index in [0.717, 1.165) is 5.56 Å². The zero-order chi connectivity index (χ0) is 26.0. The average Bonchev–Trinajstić information content (AvgIpc) is 3.58. The van der Waals surface area contributed by atoms with E-state index >= 15 is 0 Å². The number of nitrogens with zero attached hydrogens (tertiary/aromatic N) is 4. The molecule has 3 aromatic rings. The van der Waals surface area contributed by atoms with Gasteiger partial charge in [-0.05, 0) is 6.92 Å². The molecule has 2 saturated heterocycles. The van der Waals surface area contributed by atoms with Gasteiger partial charge < -0.3 is 39.2 Å². The first-order chi connectivity index (χ1) is 17.9. The lowest BCUT2D eigenvalue weighted by Crippen LogP contribution is -2.32. The van der Waals surface area contributed by atoms with Crippen LogP contribution in [-0.4, -0.2) is 69.7 Å². The third-order valence-corrected chi connectivity index (χ3v) is 7.31. The summed E-state index contributed by atoms with van der Waals surface area (Å²) in [6, 6.07) is 8.95. The van der Waals surface area contributed by atoms with Crippen molar-refractivity contribution in [3.8, 4) is 0 Å². The maximum atomic E-state index is 12.1. The van der Waals surface area contributed by atoms with Crippen LogP contribution >= 0.6 is 7.60 Å². The van der Waals surface area contributed by atoms with Crippen molar-refractivity contribution in [2.75, 3.05) is 31.2 Å². The Morgan fingerprint density at radius 2 is 1.97 bits per heavy atom. The largest absolute Gasteiger partial charge is 0.778 e. The van der Waals surface area contributed by atoms with Crippen LogP contribution in [0.4, 0.5) is 10.6 Å². The van der Waals surface area contributed by atoms with Crippen LogP contribution in [0.15, 0.2) is 43.0 Å². The summed E-state index contributed by atoms with van der Waals surface area (Å²) in [6.45, 7) is 1.92. The Kier molecular flexibility index (Phi) is 7.49. The predicted molar refractivity (Wildman–Crippen MR) is 128 cm³/mol. The molecule has 2 aromatic heterocycles. The highest BCUT2D eigenvalue weighted by atomic mass is 31.2. The number of ether oxygens (including phenoxy) is 3. The molecule has 4 N–H and O–H groups in total. The number of fused-ring (bicyclic) bond motifs is 2. The van der Waals surface area contributed by atoms with Crippen LogP contribution in [-0.2, 0) is 23.3 Å². The van der Waals surface area contributed by atoms with Gasteiger partial charge in [0.1, 0.15) is 32.2 Å². The molecule has 4 heterocycles. The number of hydrogen-bond acceptors (Lipinski definition) is 11. The number of carbonyl (C=O) groups excluding carboxylic acids is 1. The Bertz CT molecular complexity index is 1290. The fourth-order valence-corrected chi connectivity index (χ4v) is 5.13. The van der Waals surface area contributed by atoms with Crippen molar-refractivity contribution in [2.24, 2.45) is 5.73 Å². The van der Waals surface area contributed by atoms with E-state index in [1.807, 2.05) is 30.3 Å². The van der Waals surface area contributed by atoms with Gasteiger partial charge in [0.05, 0.1) is 12.9 Å². The van der Waals surface area contributed by atoms with E-state index in [1.54, 1.807) is 11.5 Å². The molecule has 0 spiro atoms. The highest BCUT2D eigenvalue weighted by Crippen LogP contribution is 2.46. The summed E-state index contributed by atoms with van der Waals surface area (Å²) in [5, 5.41) is 5.29. The van der Waals surface area contributed by atoms with E-state index in [-0.39, 0.29) is 25.1 Å². The van der Waals surface area contributed by atoms with Gasteiger partial charge in [0.2, 0.25) is 0 Å². The summed E-state index contributed by atoms with van der Waals surface area (Å²) in [5.74, 6) is 0.226. The molecule has 1 aromatic carbocycles. The molecule has 0 radical (unpaired) electrons. The van der Waals surface area contributed by atoms with Crippen LogP contribution < -0.4 is 21.3 Å². The number of carbonyl (C=O) groups is 1. The van der Waals surface area contributed by atoms with Crippen LogP contribution in [0.1, 0.15) is 25.0 Å². The number of amides is 2. The van der Waals surface area contributed by atoms with Crippen LogP contribution in [0.2, 0.25) is 0 Å². The second-order valence-electron chi connectivity index (χ2n) is 8.46. The Labute approximate surface area is 212 Å². The van der Waals surface area contributed by atoms with Crippen LogP contribution in [0.25, 0.3) is 11.2 Å². The lowest BCUT2D eigenvalue weighted by Gasteiger charge is -2.26. The quantitative estimate of drug-likeness (QED) is 0.332. The van der Waals surface area contributed by atoms with Crippen LogP contribution in [0.3, 0.4) is 0 Å². The van der Waals surface area contributed by atoms with E-state index < -0.39 is 44.5 Å². The minimum absolute atomic E-state index is 0.0515. The molecule has 6 atom stereocenters. The first-order valence-electron chi connectivity index (χ1n) is 11.8. The minimum Gasteiger partial charge on any atom is -0.778 e. The molecular weight excluding hydrogens is 505 g/mol. The van der Waals surface area contributed by atoms with Crippen molar-refractivity contribution in [1.82, 2.24) is 24.8 Å². The van der Waals surface area contributed by atoms with Crippen molar-refractivity contribution in [1.29, 1.82) is 0 Å². The molecule has 0 bridgehead atoms. The minimum atomic E-state index is -4.14. The summed E-state index contributed by atoms with van der Waals surface area (Å²) < 4.78 is 37.6. The number of nitrogens with one attached hydrogen (secondary N) is 2. The molecule has 2 aliphatic rings. The van der Waals surface area contributed by atoms with Gasteiger partial charge in [-0.15, -0.1) is 0 Å². The molecule has 0 saturated carbocycles. The first kappa shape index (κ1) is 25.7. The molecule has 5 rings (SSSR count). The summed E-state index contributed by atoms with van der Waals surface area (Å²) in [6.07, 6.45) is -0.986. The molecule has 14 nitrogen and oxygen atoms in total. The first-order valence-corrected chi connectivity index (χ1v) is 13.5. The highest BCUT2D eigenvalue weighted by molar-refractivity contribution is 7.51. The molecule has 198 valence electrons. The SMILES string of the molecule is CCNC(=O)Nc1ncnc2c1ncn2[C@@H]1O[C@H](COP(=O)([O-])CCN)C2O[C@H](c3ccccc3)O[C@@H]21. The van der Waals surface area contributed by atoms with E-state index in [9.17, 15) is 14.3 Å². The molecule has 2 fully saturated rings. The topological polar surface area (TPSA) is 188 Å². The smallest absolute Gasteiger partial charge is 0.320 e. The molecule has 2 aliphatic heterocycles. The van der Waals surface area contributed by atoms with Gasteiger partial charge in [0.25, 0.3) is 0 Å². The third-order valence-electron chi connectivity index (χ3n) is 5.96. The molecule has 0 aliphatic carbocycles. The van der Waals surface area contributed by atoms with Gasteiger partial charge in [0, 0.05) is 24.8 Å². The number of rotatable bonds is 9. The fourth-order valence-electron chi connectivity index (χ4n) is 4.31. The number of anilines is 1. The predicted octanol–water partition coefficient (Wildman–Crippen LogP) is 0.877. The lowest BCUT2D eigenvalue weighted by atomic mass is 10.1. The highest BCUT2D eigenvalue weighted by Gasteiger charge is 2.54. The average molecular weight is 532 g/mol. The summed E-state index contributed by atoms with van der Waals surface area (Å²) >= 11 is 0. The standard InChI is InChI=1S/C22H28N7O7P/c1-2-24-22(30)28-18-15-19(26-11-25-18)29(12-27-15)20-17-16(14(34-20)10-33-37(31,32)9-8-23)35-21(36-17)13-6-4-3-5-7-13/h3-7,11-12,14,16-17,20-21H,2,8-10,23H2,1H3,(H,31,32)(H2,24,25,26,28,30)/p-1/t14-,16?,17+,20-,21+/m1/s1. The number of imidazole rings is 1. The van der Waals surface area contributed by atoms with Gasteiger partial charge in [-0.2, -0.15) is 0 Å². The van der Waals surface area contributed by atoms with Crippen molar-refractivity contribution < 1.29 is 33.0 Å². The molecule has 15 heteroatoms. The zero-order valence-corrected chi connectivity index (χ0v) is 20.8. The Balaban J connectivity index is 1.43. The van der Waals surface area contributed by atoms with Crippen molar-refractivity contribution in [2.45, 2.75) is 37.8 Å². The van der Waals surface area contributed by atoms with Gasteiger partial charge in [-0.25, -0.2) is 19.7 Å². The van der Waals surface area contributed by atoms with E-state index in [2.05, 4.69) is 25.6 Å². The maximum Gasteiger partial charge on any atom is 0.320 e. The second-order valence-corrected chi connectivity index (χ2v) is 10.4. The Morgan fingerprint density at radius 1 is 1.19 bits per heavy atom. The number of urea groups is 1. The molecule has 2 unspecified atom stereocenters. The van der Waals surface area contributed by atoms with E-state index in [4.69, 9.17) is 24.5 Å². The summed E-state index contributed by atoms with van der Waals surface area (Å²) in [5.41, 5.74) is 6.92.